The van der Waals surface area contributed by atoms with Gasteiger partial charge < -0.3 is 10.0 Å². The molecule has 3 aromatic rings. The van der Waals surface area contributed by atoms with E-state index in [0.29, 0.717) is 37.7 Å². The van der Waals surface area contributed by atoms with E-state index in [1.165, 1.54) is 24.4 Å². The van der Waals surface area contributed by atoms with Crippen LogP contribution < -0.4 is 9.62 Å². The average molecular weight is 570 g/mol. The first kappa shape index (κ1) is 29.3. The second-order valence-electron chi connectivity index (χ2n) is 11.4. The zero-order valence-electron chi connectivity index (χ0n) is 23.4. The van der Waals surface area contributed by atoms with Gasteiger partial charge in [-0.25, -0.2) is 22.6 Å². The Morgan fingerprint density at radius 2 is 1.73 bits per heavy atom. The highest BCUT2D eigenvalue weighted by molar-refractivity contribution is 7.92. The van der Waals surface area contributed by atoms with Crippen LogP contribution in [0.4, 0.5) is 26.4 Å². The summed E-state index contributed by atoms with van der Waals surface area (Å²) in [5, 5.41) is 9.75. The normalized spacial score (nSPS) is 18.4. The molecule has 2 aromatic carbocycles. The van der Waals surface area contributed by atoms with Crippen molar-refractivity contribution in [2.45, 2.75) is 44.7 Å². The number of carbonyl (C=O) groups is 1. The molecular formula is C29H36FN5O4S. The lowest BCUT2D eigenvalue weighted by Gasteiger charge is -2.54. The summed E-state index contributed by atoms with van der Waals surface area (Å²) in [6.45, 7) is 10.4. The Labute approximate surface area is 235 Å². The van der Waals surface area contributed by atoms with Crippen molar-refractivity contribution in [3.63, 3.8) is 0 Å². The van der Waals surface area contributed by atoms with Crippen LogP contribution >= 0.6 is 0 Å². The number of aromatic nitrogens is 1. The third kappa shape index (κ3) is 6.20. The number of hydrogen-bond acceptors (Lipinski definition) is 6. The second kappa shape index (κ2) is 11.1. The fourth-order valence-corrected chi connectivity index (χ4v) is 5.85. The van der Waals surface area contributed by atoms with Crippen LogP contribution in [0.25, 0.3) is 0 Å². The summed E-state index contributed by atoms with van der Waals surface area (Å²) in [5.41, 5.74) is 1.33. The molecule has 11 heteroatoms. The first-order chi connectivity index (χ1) is 18.7. The van der Waals surface area contributed by atoms with Gasteiger partial charge in [0.1, 0.15) is 16.5 Å². The van der Waals surface area contributed by atoms with Crippen LogP contribution in [0, 0.1) is 11.2 Å². The number of nitrogens with zero attached hydrogens (tertiary/aromatic N) is 4. The van der Waals surface area contributed by atoms with Crippen molar-refractivity contribution in [1.82, 2.24) is 14.8 Å². The van der Waals surface area contributed by atoms with Crippen LogP contribution in [-0.2, 0) is 16.6 Å². The minimum Gasteiger partial charge on any atom is -0.465 e. The van der Waals surface area contributed by atoms with Gasteiger partial charge in [-0.2, -0.15) is 0 Å². The maximum atomic E-state index is 13.2. The van der Waals surface area contributed by atoms with Gasteiger partial charge in [0.2, 0.25) is 0 Å². The number of piperazine rings is 1. The minimum atomic E-state index is -3.86. The lowest BCUT2D eigenvalue weighted by molar-refractivity contribution is -0.0462. The second-order valence-corrected chi connectivity index (χ2v) is 13.0. The van der Waals surface area contributed by atoms with Gasteiger partial charge in [0.15, 0.2) is 0 Å². The fraction of sp³-hybridized carbons (Fsp3) is 0.379. The first-order valence-electron chi connectivity index (χ1n) is 13.0. The maximum absolute atomic E-state index is 13.2. The molecule has 1 amide bonds. The molecule has 2 heterocycles. The Balaban J connectivity index is 1.40. The number of sulfonamides is 1. The number of benzene rings is 2. The molecule has 0 radical (unpaired) electrons. The van der Waals surface area contributed by atoms with E-state index in [1.807, 2.05) is 19.1 Å². The van der Waals surface area contributed by atoms with Crippen molar-refractivity contribution >= 4 is 33.3 Å². The lowest BCUT2D eigenvalue weighted by Crippen LogP contribution is -2.67. The van der Waals surface area contributed by atoms with E-state index < -0.39 is 21.7 Å². The molecular weight excluding hydrogens is 533 g/mol. The van der Waals surface area contributed by atoms with Crippen LogP contribution in [0.1, 0.15) is 33.3 Å². The number of anilines is 3. The molecule has 0 bridgehead atoms. The van der Waals surface area contributed by atoms with E-state index in [9.17, 15) is 22.7 Å². The van der Waals surface area contributed by atoms with E-state index in [1.54, 1.807) is 47.2 Å². The van der Waals surface area contributed by atoms with Crippen LogP contribution in [0.3, 0.4) is 0 Å². The van der Waals surface area contributed by atoms with Crippen molar-refractivity contribution < 1.29 is 22.7 Å². The lowest BCUT2D eigenvalue weighted by atomic mass is 9.72. The van der Waals surface area contributed by atoms with Gasteiger partial charge in [0.25, 0.3) is 10.0 Å². The molecule has 1 atom stereocenters. The summed E-state index contributed by atoms with van der Waals surface area (Å²) in [4.78, 5) is 21.7. The Morgan fingerprint density at radius 3 is 2.27 bits per heavy atom. The highest BCUT2D eigenvalue weighted by Gasteiger charge is 2.48. The van der Waals surface area contributed by atoms with Crippen LogP contribution in [0.15, 0.2) is 71.8 Å². The van der Waals surface area contributed by atoms with Crippen molar-refractivity contribution in [2.75, 3.05) is 36.3 Å². The third-order valence-corrected chi connectivity index (χ3v) is 9.18. The molecule has 40 heavy (non-hydrogen) atoms. The van der Waals surface area contributed by atoms with E-state index in [-0.39, 0.29) is 16.1 Å². The van der Waals surface area contributed by atoms with Gasteiger partial charge in [0, 0.05) is 50.8 Å². The zero-order chi connectivity index (χ0) is 29.3. The summed E-state index contributed by atoms with van der Waals surface area (Å²) in [6.07, 6.45) is 0.383. The summed E-state index contributed by atoms with van der Waals surface area (Å²) in [6, 6.07) is 16.2. The SMILES string of the molecule is CN(c1ccc(F)cc1)c1ccc(S(=O)(=O)Nc2ccc(CN3CCN(C(=O)O)[C@@](C)(C(C)(C)C)C3)cc2)cn1. The minimum absolute atomic E-state index is 0.0191. The molecule has 1 aliphatic heterocycles. The number of nitrogens with one attached hydrogen (secondary N) is 1. The van der Waals surface area contributed by atoms with E-state index in [0.717, 1.165) is 11.3 Å². The Kier molecular flexibility index (Phi) is 8.09. The maximum Gasteiger partial charge on any atom is 0.407 e. The van der Waals surface area contributed by atoms with Gasteiger partial charge in [-0.3, -0.25) is 14.5 Å². The Hall–Kier alpha value is -3.70. The van der Waals surface area contributed by atoms with E-state index in [4.69, 9.17) is 0 Å². The van der Waals surface area contributed by atoms with Gasteiger partial charge in [0.05, 0.1) is 5.54 Å². The highest BCUT2D eigenvalue weighted by Crippen LogP contribution is 2.38. The van der Waals surface area contributed by atoms with Crippen LogP contribution in [-0.4, -0.2) is 66.6 Å². The average Bonchev–Trinajstić information content (AvgIpc) is 2.89. The molecule has 1 fully saturated rings. The van der Waals surface area contributed by atoms with Crippen molar-refractivity contribution in [2.24, 2.45) is 5.41 Å². The molecule has 2 N–H and O–H groups in total. The van der Waals surface area contributed by atoms with Gasteiger partial charge in [-0.15, -0.1) is 0 Å². The summed E-state index contributed by atoms with van der Waals surface area (Å²) in [5.74, 6) is 0.175. The van der Waals surface area contributed by atoms with Crippen molar-refractivity contribution in [1.29, 1.82) is 0 Å². The van der Waals surface area contributed by atoms with Gasteiger partial charge in [-0.1, -0.05) is 32.9 Å². The predicted octanol–water partition coefficient (Wildman–Crippen LogP) is 5.39. The molecule has 214 valence electrons. The molecule has 1 aromatic heterocycles. The summed E-state index contributed by atoms with van der Waals surface area (Å²) < 4.78 is 41.8. The van der Waals surface area contributed by atoms with Gasteiger partial charge in [-0.05, 0) is 66.4 Å². The Morgan fingerprint density at radius 1 is 1.07 bits per heavy atom. The number of carboxylic acid groups (broad SMARTS) is 1. The molecule has 4 rings (SSSR count). The molecule has 0 spiro atoms. The third-order valence-electron chi connectivity index (χ3n) is 7.81. The van der Waals surface area contributed by atoms with Crippen LogP contribution in [0.5, 0.6) is 0 Å². The van der Waals surface area contributed by atoms with Crippen LogP contribution in [0.2, 0.25) is 0 Å². The number of amides is 1. The number of hydrogen-bond donors (Lipinski definition) is 2. The molecule has 0 aliphatic carbocycles. The highest BCUT2D eigenvalue weighted by atomic mass is 32.2. The van der Waals surface area contributed by atoms with Gasteiger partial charge >= 0.3 is 6.09 Å². The van der Waals surface area contributed by atoms with Crippen molar-refractivity contribution in [3.05, 3.63) is 78.2 Å². The smallest absolute Gasteiger partial charge is 0.407 e. The standard InChI is InChI=1S/C29H36FN5O4S/c1-28(2,3)29(4)20-34(16-17-35(29)27(36)37)19-21-6-10-23(11-7-21)32-40(38,39)25-14-15-26(31-18-25)33(5)24-12-8-22(30)9-13-24/h6-15,18,32H,16-17,19-20H2,1-5H3,(H,36,37)/t29-/m1/s1. The molecule has 1 saturated heterocycles. The largest absolute Gasteiger partial charge is 0.465 e. The first-order valence-corrected chi connectivity index (χ1v) is 14.5. The molecule has 0 unspecified atom stereocenters. The molecule has 1 aliphatic rings. The van der Waals surface area contributed by atoms with E-state index >= 15 is 0 Å². The molecule has 0 saturated carbocycles. The monoisotopic (exact) mass is 569 g/mol. The topological polar surface area (TPSA) is 106 Å². The number of pyridine rings is 1. The summed E-state index contributed by atoms with van der Waals surface area (Å²) in [7, 11) is -2.10. The predicted molar refractivity (Wildman–Crippen MR) is 154 cm³/mol. The number of rotatable bonds is 7. The molecule has 9 nitrogen and oxygen atoms in total. The van der Waals surface area contributed by atoms with Crippen molar-refractivity contribution in [3.8, 4) is 0 Å². The van der Waals surface area contributed by atoms with E-state index in [2.05, 4.69) is 35.4 Å². The Bertz CT molecular complexity index is 1440. The summed E-state index contributed by atoms with van der Waals surface area (Å²) >= 11 is 0. The number of halogens is 1. The zero-order valence-corrected chi connectivity index (χ0v) is 24.2. The fourth-order valence-electron chi connectivity index (χ4n) is 4.85. The quantitative estimate of drug-likeness (QED) is 0.393.